The van der Waals surface area contributed by atoms with Crippen LogP contribution < -0.4 is 5.32 Å². The fourth-order valence-corrected chi connectivity index (χ4v) is 2.87. The Labute approximate surface area is 120 Å². The van der Waals surface area contributed by atoms with Gasteiger partial charge in [-0.1, -0.05) is 37.7 Å². The summed E-state index contributed by atoms with van der Waals surface area (Å²) in [6.07, 6.45) is 5.15. The molecule has 0 spiro atoms. The minimum Gasteiger partial charge on any atom is -0.384 e. The van der Waals surface area contributed by atoms with Gasteiger partial charge in [-0.2, -0.15) is 0 Å². The minimum absolute atomic E-state index is 0.129. The third-order valence-corrected chi connectivity index (χ3v) is 4.15. The monoisotopic (exact) mass is 271 g/mol. The zero-order chi connectivity index (χ0) is 14.4. The molecular weight excluding hydrogens is 250 g/mol. The summed E-state index contributed by atoms with van der Waals surface area (Å²) < 4.78 is 0. The quantitative estimate of drug-likeness (QED) is 0.830. The Morgan fingerprint density at radius 3 is 2.80 bits per heavy atom. The molecule has 1 aliphatic carbocycles. The lowest BCUT2D eigenvalue weighted by molar-refractivity contribution is -0.125. The smallest absolute Gasteiger partial charge is 0.230 e. The SMILES string of the molecule is CCC1(C(=O)Nc2cccc(C#CCO)c2)CCCC1. The number of rotatable bonds is 3. The Bertz CT molecular complexity index is 533. The Morgan fingerprint density at radius 1 is 1.40 bits per heavy atom. The molecule has 1 fully saturated rings. The van der Waals surface area contributed by atoms with E-state index in [1.54, 1.807) is 0 Å². The van der Waals surface area contributed by atoms with Crippen molar-refractivity contribution in [1.82, 2.24) is 0 Å². The topological polar surface area (TPSA) is 49.3 Å². The third kappa shape index (κ3) is 3.20. The van der Waals surface area contributed by atoms with Crippen LogP contribution in [0, 0.1) is 17.3 Å². The molecule has 3 nitrogen and oxygen atoms in total. The van der Waals surface area contributed by atoms with Crippen molar-refractivity contribution in [1.29, 1.82) is 0 Å². The number of nitrogens with one attached hydrogen (secondary N) is 1. The average molecular weight is 271 g/mol. The van der Waals surface area contributed by atoms with Gasteiger partial charge < -0.3 is 10.4 Å². The van der Waals surface area contributed by atoms with Crippen LogP contribution >= 0.6 is 0 Å². The van der Waals surface area contributed by atoms with Gasteiger partial charge in [0.2, 0.25) is 5.91 Å². The van der Waals surface area contributed by atoms with Crippen molar-refractivity contribution >= 4 is 11.6 Å². The van der Waals surface area contributed by atoms with E-state index in [1.165, 1.54) is 0 Å². The van der Waals surface area contributed by atoms with Gasteiger partial charge in [-0.05, 0) is 37.5 Å². The van der Waals surface area contributed by atoms with Crippen LogP contribution in [-0.2, 0) is 4.79 Å². The summed E-state index contributed by atoms with van der Waals surface area (Å²) in [4.78, 5) is 12.5. The van der Waals surface area contributed by atoms with Crippen molar-refractivity contribution in [3.63, 3.8) is 0 Å². The highest BCUT2D eigenvalue weighted by atomic mass is 16.2. The summed E-state index contributed by atoms with van der Waals surface area (Å²) >= 11 is 0. The van der Waals surface area contributed by atoms with Crippen molar-refractivity contribution in [3.8, 4) is 11.8 Å². The first kappa shape index (κ1) is 14.6. The average Bonchev–Trinajstić information content (AvgIpc) is 2.95. The van der Waals surface area contributed by atoms with Crippen molar-refractivity contribution < 1.29 is 9.90 Å². The fourth-order valence-electron chi connectivity index (χ4n) is 2.87. The molecule has 0 unspecified atom stereocenters. The number of carbonyl (C=O) groups is 1. The first-order chi connectivity index (χ1) is 9.70. The maximum atomic E-state index is 12.5. The Balaban J connectivity index is 2.11. The summed E-state index contributed by atoms with van der Waals surface area (Å²) in [5.41, 5.74) is 1.39. The second kappa shape index (κ2) is 6.58. The summed E-state index contributed by atoms with van der Waals surface area (Å²) in [6, 6.07) is 7.45. The van der Waals surface area contributed by atoms with Gasteiger partial charge >= 0.3 is 0 Å². The van der Waals surface area contributed by atoms with E-state index in [0.29, 0.717) is 0 Å². The van der Waals surface area contributed by atoms with Gasteiger partial charge in [0.05, 0.1) is 0 Å². The highest BCUT2D eigenvalue weighted by Gasteiger charge is 2.39. The van der Waals surface area contributed by atoms with Crippen LogP contribution in [0.2, 0.25) is 0 Å². The van der Waals surface area contributed by atoms with E-state index in [1.807, 2.05) is 24.3 Å². The molecule has 0 saturated heterocycles. The molecule has 20 heavy (non-hydrogen) atoms. The lowest BCUT2D eigenvalue weighted by Gasteiger charge is -2.26. The Kier molecular flexibility index (Phi) is 4.81. The molecule has 0 aliphatic heterocycles. The highest BCUT2D eigenvalue weighted by Crippen LogP contribution is 2.41. The van der Waals surface area contributed by atoms with Crippen molar-refractivity contribution in [2.45, 2.75) is 39.0 Å². The zero-order valence-electron chi connectivity index (χ0n) is 11.9. The molecule has 1 amide bonds. The van der Waals surface area contributed by atoms with Crippen molar-refractivity contribution in [3.05, 3.63) is 29.8 Å². The number of anilines is 1. The second-order valence-electron chi connectivity index (χ2n) is 5.34. The minimum atomic E-state index is -0.188. The van der Waals surface area contributed by atoms with Crippen molar-refractivity contribution in [2.75, 3.05) is 11.9 Å². The predicted octanol–water partition coefficient (Wildman–Crippen LogP) is 2.94. The molecule has 1 saturated carbocycles. The number of hydrogen-bond acceptors (Lipinski definition) is 2. The number of aliphatic hydroxyl groups is 1. The van der Waals surface area contributed by atoms with Crippen LogP contribution in [0.15, 0.2) is 24.3 Å². The van der Waals surface area contributed by atoms with Crippen LogP contribution in [0.3, 0.4) is 0 Å². The Hall–Kier alpha value is -1.79. The first-order valence-electron chi connectivity index (χ1n) is 7.21. The zero-order valence-corrected chi connectivity index (χ0v) is 11.9. The van der Waals surface area contributed by atoms with Gasteiger partial charge in [0.15, 0.2) is 0 Å². The number of amides is 1. The van der Waals surface area contributed by atoms with E-state index < -0.39 is 0 Å². The third-order valence-electron chi connectivity index (χ3n) is 4.15. The van der Waals surface area contributed by atoms with E-state index in [-0.39, 0.29) is 17.9 Å². The van der Waals surface area contributed by atoms with E-state index >= 15 is 0 Å². The fraction of sp³-hybridized carbons (Fsp3) is 0.471. The molecule has 0 heterocycles. The van der Waals surface area contributed by atoms with Crippen LogP contribution in [0.4, 0.5) is 5.69 Å². The summed E-state index contributed by atoms with van der Waals surface area (Å²) in [5, 5.41) is 11.7. The first-order valence-corrected chi connectivity index (χ1v) is 7.21. The van der Waals surface area contributed by atoms with Crippen LogP contribution in [-0.4, -0.2) is 17.6 Å². The number of aliphatic hydroxyl groups excluding tert-OH is 1. The standard InChI is InChI=1S/C17H21NO2/c1-2-17(10-3-4-11-17)16(20)18-15-9-5-7-14(13-15)8-6-12-19/h5,7,9,13,19H,2-4,10-12H2,1H3,(H,18,20). The van der Waals surface area contributed by atoms with Gasteiger partial charge in [0.25, 0.3) is 0 Å². The molecule has 0 aromatic heterocycles. The maximum Gasteiger partial charge on any atom is 0.230 e. The molecule has 106 valence electrons. The Morgan fingerprint density at radius 2 is 2.15 bits per heavy atom. The molecule has 2 N–H and O–H groups in total. The van der Waals surface area contributed by atoms with E-state index in [0.717, 1.165) is 43.4 Å². The van der Waals surface area contributed by atoms with Gasteiger partial charge in [0, 0.05) is 16.7 Å². The molecule has 0 radical (unpaired) electrons. The molecule has 0 atom stereocenters. The lowest BCUT2D eigenvalue weighted by atomic mass is 9.82. The molecule has 1 aliphatic rings. The molecule has 1 aromatic carbocycles. The molecule has 1 aromatic rings. The van der Waals surface area contributed by atoms with Gasteiger partial charge in [-0.15, -0.1) is 0 Å². The van der Waals surface area contributed by atoms with Gasteiger partial charge in [-0.3, -0.25) is 4.79 Å². The van der Waals surface area contributed by atoms with Crippen LogP contribution in [0.1, 0.15) is 44.6 Å². The van der Waals surface area contributed by atoms with Gasteiger partial charge in [-0.25, -0.2) is 0 Å². The second-order valence-corrected chi connectivity index (χ2v) is 5.34. The summed E-state index contributed by atoms with van der Waals surface area (Å²) in [5.74, 6) is 5.59. The van der Waals surface area contributed by atoms with E-state index in [2.05, 4.69) is 24.1 Å². The molecule has 0 bridgehead atoms. The lowest BCUT2D eigenvalue weighted by Crippen LogP contribution is -2.33. The highest BCUT2D eigenvalue weighted by molar-refractivity contribution is 5.95. The predicted molar refractivity (Wildman–Crippen MR) is 80.2 cm³/mol. The molecular formula is C17H21NO2. The van der Waals surface area contributed by atoms with Gasteiger partial charge in [0.1, 0.15) is 6.61 Å². The summed E-state index contributed by atoms with van der Waals surface area (Å²) in [6.45, 7) is 1.93. The van der Waals surface area contributed by atoms with E-state index in [9.17, 15) is 4.79 Å². The normalized spacial score (nSPS) is 16.3. The maximum absolute atomic E-state index is 12.5. The van der Waals surface area contributed by atoms with Crippen LogP contribution in [0.25, 0.3) is 0 Å². The number of benzene rings is 1. The van der Waals surface area contributed by atoms with Crippen LogP contribution in [0.5, 0.6) is 0 Å². The number of carbonyl (C=O) groups excluding carboxylic acids is 1. The summed E-state index contributed by atoms with van der Waals surface area (Å²) in [7, 11) is 0. The van der Waals surface area contributed by atoms with Crippen molar-refractivity contribution in [2.24, 2.45) is 5.41 Å². The number of hydrogen-bond donors (Lipinski definition) is 2. The molecule has 2 rings (SSSR count). The largest absolute Gasteiger partial charge is 0.384 e. The van der Waals surface area contributed by atoms with E-state index in [4.69, 9.17) is 5.11 Å². The molecule has 3 heteroatoms.